The number of carbonyl (C=O) groups excluding carboxylic acids is 1. The van der Waals surface area contributed by atoms with Crippen LogP contribution in [0.4, 0.5) is 0 Å². The van der Waals surface area contributed by atoms with Crippen LogP contribution in [0.1, 0.15) is 43.5 Å². The molecule has 2 aromatic rings. The zero-order valence-electron chi connectivity index (χ0n) is 15.2. The van der Waals surface area contributed by atoms with Crippen LogP contribution in [0.25, 0.3) is 5.69 Å². The number of benzene rings is 1. The fourth-order valence-corrected chi connectivity index (χ4v) is 4.34. The molecule has 0 saturated heterocycles. The van der Waals surface area contributed by atoms with Crippen LogP contribution in [0.3, 0.4) is 0 Å². The molecule has 25 heavy (non-hydrogen) atoms. The van der Waals surface area contributed by atoms with Crippen LogP contribution >= 0.6 is 11.8 Å². The standard InChI is InChI=1S/C19H26N4OS/c1-14-9-7-8-12-17(14)23-15(2)20-21-19(23)25-13-18(24)22(3)16-10-5-4-6-11-16/h7-9,12,16H,4-6,10-11,13H2,1-3H3. The maximum Gasteiger partial charge on any atom is 0.233 e. The summed E-state index contributed by atoms with van der Waals surface area (Å²) >= 11 is 1.47. The topological polar surface area (TPSA) is 51.0 Å². The van der Waals surface area contributed by atoms with Gasteiger partial charge in [0.1, 0.15) is 5.82 Å². The lowest BCUT2D eigenvalue weighted by Gasteiger charge is -2.31. The highest BCUT2D eigenvalue weighted by molar-refractivity contribution is 7.99. The van der Waals surface area contributed by atoms with E-state index in [2.05, 4.69) is 29.3 Å². The molecular formula is C19H26N4OS. The molecule has 0 atom stereocenters. The van der Waals surface area contributed by atoms with Crippen molar-refractivity contribution >= 4 is 17.7 Å². The summed E-state index contributed by atoms with van der Waals surface area (Å²) in [6.45, 7) is 4.02. The van der Waals surface area contributed by atoms with Gasteiger partial charge in [0.15, 0.2) is 5.16 Å². The van der Waals surface area contributed by atoms with E-state index in [-0.39, 0.29) is 5.91 Å². The summed E-state index contributed by atoms with van der Waals surface area (Å²) in [5.41, 5.74) is 2.23. The third-order valence-corrected chi connectivity index (χ3v) is 5.91. The first-order valence-corrected chi connectivity index (χ1v) is 9.93. The summed E-state index contributed by atoms with van der Waals surface area (Å²) in [4.78, 5) is 14.5. The number of thioether (sulfide) groups is 1. The van der Waals surface area contributed by atoms with E-state index in [0.29, 0.717) is 11.8 Å². The smallest absolute Gasteiger partial charge is 0.233 e. The molecule has 0 bridgehead atoms. The van der Waals surface area contributed by atoms with Crippen molar-refractivity contribution in [3.63, 3.8) is 0 Å². The van der Waals surface area contributed by atoms with Crippen LogP contribution in [0.2, 0.25) is 0 Å². The number of hydrogen-bond donors (Lipinski definition) is 0. The van der Waals surface area contributed by atoms with Gasteiger partial charge in [-0.15, -0.1) is 10.2 Å². The van der Waals surface area contributed by atoms with Gasteiger partial charge in [-0.3, -0.25) is 9.36 Å². The first-order chi connectivity index (χ1) is 12.1. The van der Waals surface area contributed by atoms with E-state index in [1.165, 1.54) is 31.0 Å². The number of para-hydroxylation sites is 1. The van der Waals surface area contributed by atoms with E-state index in [1.54, 1.807) is 0 Å². The van der Waals surface area contributed by atoms with Gasteiger partial charge < -0.3 is 4.90 Å². The molecule has 0 aliphatic heterocycles. The van der Waals surface area contributed by atoms with Crippen LogP contribution in [-0.2, 0) is 4.79 Å². The van der Waals surface area contributed by atoms with Crippen molar-refractivity contribution in [3.05, 3.63) is 35.7 Å². The van der Waals surface area contributed by atoms with E-state index in [1.807, 2.05) is 35.6 Å². The molecule has 0 N–H and O–H groups in total. The third kappa shape index (κ3) is 4.06. The molecule has 0 spiro atoms. The summed E-state index contributed by atoms with van der Waals surface area (Å²) in [7, 11) is 1.94. The van der Waals surface area contributed by atoms with Gasteiger partial charge >= 0.3 is 0 Å². The summed E-state index contributed by atoms with van der Waals surface area (Å²) in [5, 5.41) is 9.27. The van der Waals surface area contributed by atoms with Crippen molar-refractivity contribution < 1.29 is 4.79 Å². The molecule has 1 heterocycles. The number of carbonyl (C=O) groups is 1. The van der Waals surface area contributed by atoms with Gasteiger partial charge in [0.25, 0.3) is 0 Å². The molecule has 5 nitrogen and oxygen atoms in total. The fraction of sp³-hybridized carbons (Fsp3) is 0.526. The maximum absolute atomic E-state index is 12.6. The summed E-state index contributed by atoms with van der Waals surface area (Å²) in [6, 6.07) is 8.57. The lowest BCUT2D eigenvalue weighted by molar-refractivity contribution is -0.129. The van der Waals surface area contributed by atoms with E-state index >= 15 is 0 Å². The van der Waals surface area contributed by atoms with E-state index in [9.17, 15) is 4.79 Å². The summed E-state index contributed by atoms with van der Waals surface area (Å²) < 4.78 is 2.04. The quantitative estimate of drug-likeness (QED) is 0.764. The van der Waals surface area contributed by atoms with Crippen molar-refractivity contribution in [1.29, 1.82) is 0 Å². The molecule has 1 aromatic carbocycles. The first kappa shape index (κ1) is 18.0. The zero-order chi connectivity index (χ0) is 17.8. The van der Waals surface area contributed by atoms with Crippen LogP contribution in [0, 0.1) is 13.8 Å². The predicted molar refractivity (Wildman–Crippen MR) is 101 cm³/mol. The van der Waals surface area contributed by atoms with Gasteiger partial charge in [-0.05, 0) is 38.3 Å². The van der Waals surface area contributed by atoms with Gasteiger partial charge in [-0.1, -0.05) is 49.2 Å². The Kier molecular flexibility index (Phi) is 5.78. The second kappa shape index (κ2) is 8.04. The van der Waals surface area contributed by atoms with Crippen LogP contribution in [-0.4, -0.2) is 44.4 Å². The number of rotatable bonds is 5. The largest absolute Gasteiger partial charge is 0.342 e. The lowest BCUT2D eigenvalue weighted by Crippen LogP contribution is -2.39. The number of aromatic nitrogens is 3. The molecule has 1 aliphatic carbocycles. The number of hydrogen-bond acceptors (Lipinski definition) is 4. The molecule has 6 heteroatoms. The van der Waals surface area contributed by atoms with Crippen molar-refractivity contribution in [1.82, 2.24) is 19.7 Å². The minimum absolute atomic E-state index is 0.175. The molecule has 134 valence electrons. The maximum atomic E-state index is 12.6. The van der Waals surface area contributed by atoms with Crippen molar-refractivity contribution in [2.75, 3.05) is 12.8 Å². The Morgan fingerprint density at radius 2 is 1.92 bits per heavy atom. The number of aryl methyl sites for hydroxylation is 2. The van der Waals surface area contributed by atoms with Gasteiger partial charge in [-0.25, -0.2) is 0 Å². The summed E-state index contributed by atoms with van der Waals surface area (Å²) in [6.07, 6.45) is 6.02. The summed E-state index contributed by atoms with van der Waals surface area (Å²) in [5.74, 6) is 1.41. The van der Waals surface area contributed by atoms with Gasteiger partial charge in [0.05, 0.1) is 11.4 Å². The highest BCUT2D eigenvalue weighted by Gasteiger charge is 2.23. The molecule has 1 aliphatic rings. The minimum atomic E-state index is 0.175. The van der Waals surface area contributed by atoms with E-state index in [4.69, 9.17) is 0 Å². The molecule has 1 amide bonds. The van der Waals surface area contributed by atoms with Crippen LogP contribution < -0.4 is 0 Å². The molecular weight excluding hydrogens is 332 g/mol. The van der Waals surface area contributed by atoms with E-state index in [0.717, 1.165) is 35.1 Å². The van der Waals surface area contributed by atoms with Gasteiger partial charge in [-0.2, -0.15) is 0 Å². The SMILES string of the molecule is Cc1ccccc1-n1c(C)nnc1SCC(=O)N(C)C1CCCCC1. The monoisotopic (exact) mass is 358 g/mol. The Morgan fingerprint density at radius 1 is 1.20 bits per heavy atom. The number of nitrogens with zero attached hydrogens (tertiary/aromatic N) is 4. The van der Waals surface area contributed by atoms with Crippen molar-refractivity contribution in [3.8, 4) is 5.69 Å². The average Bonchev–Trinajstić information content (AvgIpc) is 3.00. The van der Waals surface area contributed by atoms with Gasteiger partial charge in [0.2, 0.25) is 5.91 Å². The molecule has 3 rings (SSSR count). The fourth-order valence-electron chi connectivity index (χ4n) is 3.43. The predicted octanol–water partition coefficient (Wildman–Crippen LogP) is 3.77. The molecule has 1 aromatic heterocycles. The highest BCUT2D eigenvalue weighted by atomic mass is 32.2. The molecule has 1 saturated carbocycles. The van der Waals surface area contributed by atoms with Crippen LogP contribution in [0.5, 0.6) is 0 Å². The zero-order valence-corrected chi connectivity index (χ0v) is 16.1. The highest BCUT2D eigenvalue weighted by Crippen LogP contribution is 2.26. The molecule has 0 unspecified atom stereocenters. The Morgan fingerprint density at radius 3 is 2.64 bits per heavy atom. The van der Waals surface area contributed by atoms with Crippen molar-refractivity contribution in [2.24, 2.45) is 0 Å². The Hall–Kier alpha value is -1.82. The Labute approximate surface area is 153 Å². The third-order valence-electron chi connectivity index (χ3n) is 4.99. The van der Waals surface area contributed by atoms with Gasteiger partial charge in [0, 0.05) is 13.1 Å². The molecule has 1 fully saturated rings. The second-order valence-corrected chi connectivity index (χ2v) is 7.68. The minimum Gasteiger partial charge on any atom is -0.342 e. The Balaban J connectivity index is 1.70. The van der Waals surface area contributed by atoms with Crippen LogP contribution in [0.15, 0.2) is 29.4 Å². The molecule has 0 radical (unpaired) electrons. The average molecular weight is 359 g/mol. The lowest BCUT2D eigenvalue weighted by atomic mass is 9.94. The number of amides is 1. The second-order valence-electron chi connectivity index (χ2n) is 6.74. The normalized spacial score (nSPS) is 15.3. The van der Waals surface area contributed by atoms with Crippen molar-refractivity contribution in [2.45, 2.75) is 57.1 Å². The first-order valence-electron chi connectivity index (χ1n) is 8.94. The van der Waals surface area contributed by atoms with E-state index < -0.39 is 0 Å². The Bertz CT molecular complexity index is 737.